The molecule has 0 aliphatic carbocycles. The molecular weight excluding hydrogens is 336 g/mol. The molecule has 6 heteroatoms. The lowest BCUT2D eigenvalue weighted by molar-refractivity contribution is -0.120. The average molecular weight is 354 g/mol. The molecule has 2 amide bonds. The number of amides is 2. The number of rotatable bonds is 6. The van der Waals surface area contributed by atoms with Gasteiger partial charge in [-0.1, -0.05) is 29.8 Å². The molecule has 3 rings (SSSR count). The van der Waals surface area contributed by atoms with Crippen molar-refractivity contribution >= 4 is 23.2 Å². The van der Waals surface area contributed by atoms with Crippen LogP contribution in [0.5, 0.6) is 0 Å². The fourth-order valence-corrected chi connectivity index (χ4v) is 3.18. The summed E-state index contributed by atoms with van der Waals surface area (Å²) in [7, 11) is 0. The number of benzene rings is 1. The van der Waals surface area contributed by atoms with Crippen molar-refractivity contribution in [2.75, 3.05) is 6.54 Å². The first-order valence-corrected chi connectivity index (χ1v) is 8.73. The lowest BCUT2D eigenvalue weighted by Gasteiger charge is -2.07. The Morgan fingerprint density at radius 3 is 2.60 bits per heavy atom. The highest BCUT2D eigenvalue weighted by Gasteiger charge is 2.15. The fourth-order valence-electron chi connectivity index (χ4n) is 2.35. The number of aryl methyl sites for hydroxylation is 1. The fraction of sp³-hybridized carbons (Fsp3) is 0.158. The van der Waals surface area contributed by atoms with Crippen LogP contribution in [0.3, 0.4) is 0 Å². The molecule has 0 saturated carbocycles. The molecule has 0 fully saturated rings. The van der Waals surface area contributed by atoms with E-state index in [1.807, 2.05) is 42.6 Å². The highest BCUT2D eigenvalue weighted by atomic mass is 32.1. The summed E-state index contributed by atoms with van der Waals surface area (Å²) in [6, 6.07) is 13.5. The second-order valence-electron chi connectivity index (χ2n) is 5.57. The molecule has 0 atom stereocenters. The third-order valence-corrected chi connectivity index (χ3v) is 4.60. The van der Waals surface area contributed by atoms with Gasteiger partial charge in [0, 0.05) is 5.56 Å². The summed E-state index contributed by atoms with van der Waals surface area (Å²) >= 11 is 1.36. The number of hydrogen-bond acceptors (Lipinski definition) is 4. The van der Waals surface area contributed by atoms with E-state index < -0.39 is 0 Å². The Bertz CT molecular complexity index is 851. The minimum Gasteiger partial charge on any atom is -0.467 e. The van der Waals surface area contributed by atoms with Gasteiger partial charge in [-0.15, -0.1) is 11.3 Å². The van der Waals surface area contributed by atoms with Crippen LogP contribution < -0.4 is 10.6 Å². The number of hydrogen-bond donors (Lipinski definition) is 2. The van der Waals surface area contributed by atoms with Gasteiger partial charge in [0.15, 0.2) is 0 Å². The van der Waals surface area contributed by atoms with E-state index in [-0.39, 0.29) is 18.4 Å². The zero-order valence-electron chi connectivity index (χ0n) is 13.7. The van der Waals surface area contributed by atoms with Gasteiger partial charge in [-0.05, 0) is 36.1 Å². The average Bonchev–Trinajstić information content (AvgIpc) is 3.30. The Hall–Kier alpha value is -2.86. The van der Waals surface area contributed by atoms with E-state index in [2.05, 4.69) is 10.6 Å². The van der Waals surface area contributed by atoms with Gasteiger partial charge >= 0.3 is 0 Å². The normalized spacial score (nSPS) is 10.4. The summed E-state index contributed by atoms with van der Waals surface area (Å²) in [6.07, 6.45) is 1.55. The van der Waals surface area contributed by atoms with E-state index in [4.69, 9.17) is 4.42 Å². The van der Waals surface area contributed by atoms with Gasteiger partial charge in [-0.2, -0.15) is 0 Å². The summed E-state index contributed by atoms with van der Waals surface area (Å²) in [5, 5.41) is 7.24. The second kappa shape index (κ2) is 7.81. The Morgan fingerprint density at radius 1 is 1.08 bits per heavy atom. The van der Waals surface area contributed by atoms with Crippen LogP contribution in [-0.2, 0) is 11.3 Å². The molecule has 0 aliphatic heterocycles. The van der Waals surface area contributed by atoms with Gasteiger partial charge in [-0.3, -0.25) is 9.59 Å². The van der Waals surface area contributed by atoms with Crippen LogP contribution >= 0.6 is 11.3 Å². The molecule has 0 radical (unpaired) electrons. The first-order chi connectivity index (χ1) is 12.1. The van der Waals surface area contributed by atoms with E-state index >= 15 is 0 Å². The minimum absolute atomic E-state index is 0.0786. The first-order valence-electron chi connectivity index (χ1n) is 7.85. The van der Waals surface area contributed by atoms with Crippen LogP contribution in [0, 0.1) is 6.92 Å². The molecule has 1 aromatic carbocycles. The van der Waals surface area contributed by atoms with Crippen molar-refractivity contribution in [2.24, 2.45) is 0 Å². The second-order valence-corrected chi connectivity index (χ2v) is 6.48. The van der Waals surface area contributed by atoms with Gasteiger partial charge < -0.3 is 15.1 Å². The number of thiophene rings is 1. The molecule has 0 aliphatic rings. The Balaban J connectivity index is 1.57. The van der Waals surface area contributed by atoms with E-state index in [1.165, 1.54) is 16.9 Å². The Kier molecular flexibility index (Phi) is 5.30. The largest absolute Gasteiger partial charge is 0.467 e. The van der Waals surface area contributed by atoms with Crippen molar-refractivity contribution < 1.29 is 14.0 Å². The third kappa shape index (κ3) is 4.36. The highest BCUT2D eigenvalue weighted by Crippen LogP contribution is 2.28. The molecule has 0 spiro atoms. The lowest BCUT2D eigenvalue weighted by atomic mass is 10.0. The zero-order valence-corrected chi connectivity index (χ0v) is 14.6. The number of nitrogens with one attached hydrogen (secondary N) is 2. The molecule has 128 valence electrons. The van der Waals surface area contributed by atoms with Crippen LogP contribution in [0.4, 0.5) is 0 Å². The van der Waals surface area contributed by atoms with Crippen LogP contribution in [0.2, 0.25) is 0 Å². The lowest BCUT2D eigenvalue weighted by Crippen LogP contribution is -2.36. The summed E-state index contributed by atoms with van der Waals surface area (Å²) in [6.45, 7) is 2.24. The molecule has 2 N–H and O–H groups in total. The van der Waals surface area contributed by atoms with Crippen LogP contribution in [0.25, 0.3) is 11.1 Å². The molecule has 5 nitrogen and oxygen atoms in total. The summed E-state index contributed by atoms with van der Waals surface area (Å²) < 4.78 is 5.14. The molecule has 2 heterocycles. The van der Waals surface area contributed by atoms with Crippen molar-refractivity contribution in [3.05, 3.63) is 70.3 Å². The summed E-state index contributed by atoms with van der Waals surface area (Å²) in [5.74, 6) is 0.150. The zero-order chi connectivity index (χ0) is 17.6. The van der Waals surface area contributed by atoms with Gasteiger partial charge in [0.25, 0.3) is 5.91 Å². The smallest absolute Gasteiger partial charge is 0.262 e. The number of furan rings is 1. The maximum atomic E-state index is 12.4. The van der Waals surface area contributed by atoms with Crippen LogP contribution in [0.15, 0.2) is 58.5 Å². The Morgan fingerprint density at radius 2 is 1.88 bits per heavy atom. The standard InChI is InChI=1S/C19H18N2O3S/c1-13-4-6-14(7-5-13)16-8-10-25-18(16)19(23)21-12-17(22)20-11-15-3-2-9-24-15/h2-10H,11-12H2,1H3,(H,20,22)(H,21,23). The van der Waals surface area contributed by atoms with E-state index in [9.17, 15) is 9.59 Å². The maximum Gasteiger partial charge on any atom is 0.262 e. The number of carbonyl (C=O) groups excluding carboxylic acids is 2. The van der Waals surface area contributed by atoms with E-state index in [0.29, 0.717) is 17.2 Å². The SMILES string of the molecule is Cc1ccc(-c2ccsc2C(=O)NCC(=O)NCc2ccco2)cc1. The van der Waals surface area contributed by atoms with Gasteiger partial charge in [0.05, 0.1) is 24.2 Å². The summed E-state index contributed by atoms with van der Waals surface area (Å²) in [4.78, 5) is 24.8. The predicted molar refractivity (Wildman–Crippen MR) is 97.4 cm³/mol. The van der Waals surface area contributed by atoms with Crippen LogP contribution in [0.1, 0.15) is 21.0 Å². The maximum absolute atomic E-state index is 12.4. The van der Waals surface area contributed by atoms with Gasteiger partial charge in [-0.25, -0.2) is 0 Å². The monoisotopic (exact) mass is 354 g/mol. The first kappa shape index (κ1) is 17.0. The summed E-state index contributed by atoms with van der Waals surface area (Å²) in [5.41, 5.74) is 3.02. The third-order valence-electron chi connectivity index (χ3n) is 3.68. The molecule has 3 aromatic rings. The quantitative estimate of drug-likeness (QED) is 0.713. The van der Waals surface area contributed by atoms with Gasteiger partial charge in [0.2, 0.25) is 5.91 Å². The molecule has 25 heavy (non-hydrogen) atoms. The van der Waals surface area contributed by atoms with Crippen LogP contribution in [-0.4, -0.2) is 18.4 Å². The van der Waals surface area contributed by atoms with Crippen molar-refractivity contribution in [3.63, 3.8) is 0 Å². The molecule has 0 unspecified atom stereocenters. The van der Waals surface area contributed by atoms with E-state index in [0.717, 1.165) is 11.1 Å². The van der Waals surface area contributed by atoms with Crippen molar-refractivity contribution in [2.45, 2.75) is 13.5 Å². The van der Waals surface area contributed by atoms with Crippen molar-refractivity contribution in [1.82, 2.24) is 10.6 Å². The molecular formula is C19H18N2O3S. The van der Waals surface area contributed by atoms with E-state index in [1.54, 1.807) is 18.4 Å². The predicted octanol–water partition coefficient (Wildman–Crippen LogP) is 3.36. The topological polar surface area (TPSA) is 71.3 Å². The molecule has 2 aromatic heterocycles. The van der Waals surface area contributed by atoms with Crippen molar-refractivity contribution in [3.8, 4) is 11.1 Å². The van der Waals surface area contributed by atoms with Crippen molar-refractivity contribution in [1.29, 1.82) is 0 Å². The van der Waals surface area contributed by atoms with Gasteiger partial charge in [0.1, 0.15) is 5.76 Å². The number of carbonyl (C=O) groups is 2. The minimum atomic E-state index is -0.266. The molecule has 0 bridgehead atoms. The Labute approximate surface area is 149 Å². The molecule has 0 saturated heterocycles. The highest BCUT2D eigenvalue weighted by molar-refractivity contribution is 7.12.